The first-order chi connectivity index (χ1) is 10.0. The summed E-state index contributed by atoms with van der Waals surface area (Å²) in [5.41, 5.74) is 1.80. The smallest absolute Gasteiger partial charge is 0.227 e. The highest BCUT2D eigenvalue weighted by molar-refractivity contribution is 7.11. The molecule has 0 bridgehead atoms. The van der Waals surface area contributed by atoms with Gasteiger partial charge in [-0.15, -0.1) is 11.3 Å². The fraction of sp³-hybridized carbons (Fsp3) is 0.333. The van der Waals surface area contributed by atoms with Crippen LogP contribution in [0.3, 0.4) is 0 Å². The van der Waals surface area contributed by atoms with Gasteiger partial charge >= 0.3 is 0 Å². The number of carbonyl (C=O) groups excluding carboxylic acids is 1. The summed E-state index contributed by atoms with van der Waals surface area (Å²) in [5.74, 6) is 0.000133. The number of aromatic nitrogens is 1. The maximum atomic E-state index is 12.4. The van der Waals surface area contributed by atoms with Crippen LogP contribution in [0.4, 0.5) is 5.69 Å². The van der Waals surface area contributed by atoms with E-state index in [9.17, 15) is 4.79 Å². The van der Waals surface area contributed by atoms with Gasteiger partial charge in [0.05, 0.1) is 10.7 Å². The number of aryl methyl sites for hydroxylation is 2. The monoisotopic (exact) mass is 340 g/mol. The van der Waals surface area contributed by atoms with E-state index in [2.05, 4.69) is 10.3 Å². The SMILES string of the molecule is Cc1nc2c(s1)CC(C(=O)Nc1cc(Cl)cc(Cl)c1)CC2. The summed E-state index contributed by atoms with van der Waals surface area (Å²) < 4.78 is 0. The fourth-order valence-corrected chi connectivity index (χ4v) is 4.19. The lowest BCUT2D eigenvalue weighted by Crippen LogP contribution is -2.27. The van der Waals surface area contributed by atoms with Crippen LogP contribution in [0, 0.1) is 12.8 Å². The van der Waals surface area contributed by atoms with E-state index < -0.39 is 0 Å². The van der Waals surface area contributed by atoms with Crippen molar-refractivity contribution in [3.05, 3.63) is 43.8 Å². The number of amides is 1. The molecule has 1 aliphatic rings. The molecule has 1 amide bonds. The number of carbonyl (C=O) groups is 1. The van der Waals surface area contributed by atoms with E-state index in [0.717, 1.165) is 30.0 Å². The molecule has 0 aliphatic heterocycles. The van der Waals surface area contributed by atoms with Crippen LogP contribution >= 0.6 is 34.5 Å². The summed E-state index contributed by atoms with van der Waals surface area (Å²) >= 11 is 13.6. The minimum atomic E-state index is -0.0184. The minimum absolute atomic E-state index is 0.0184. The van der Waals surface area contributed by atoms with E-state index >= 15 is 0 Å². The van der Waals surface area contributed by atoms with E-state index in [0.29, 0.717) is 15.7 Å². The number of thiazole rings is 1. The summed E-state index contributed by atoms with van der Waals surface area (Å²) in [6.07, 6.45) is 2.46. The van der Waals surface area contributed by atoms with Crippen molar-refractivity contribution >= 4 is 46.1 Å². The van der Waals surface area contributed by atoms with Gasteiger partial charge in [-0.05, 0) is 44.4 Å². The van der Waals surface area contributed by atoms with E-state index in [1.54, 1.807) is 29.5 Å². The van der Waals surface area contributed by atoms with Gasteiger partial charge in [0.1, 0.15) is 0 Å². The average Bonchev–Trinajstić information content (AvgIpc) is 2.76. The van der Waals surface area contributed by atoms with E-state index in [1.165, 1.54) is 4.88 Å². The third kappa shape index (κ3) is 3.39. The molecule has 1 heterocycles. The van der Waals surface area contributed by atoms with Gasteiger partial charge in [0.25, 0.3) is 0 Å². The van der Waals surface area contributed by atoms with E-state index in [-0.39, 0.29) is 11.8 Å². The van der Waals surface area contributed by atoms with Crippen molar-refractivity contribution in [1.82, 2.24) is 4.98 Å². The van der Waals surface area contributed by atoms with Crippen LogP contribution in [0.1, 0.15) is 22.0 Å². The molecule has 2 aromatic rings. The Morgan fingerprint density at radius 2 is 2.05 bits per heavy atom. The molecule has 1 N–H and O–H groups in total. The highest BCUT2D eigenvalue weighted by atomic mass is 35.5. The molecule has 1 aromatic heterocycles. The number of hydrogen-bond donors (Lipinski definition) is 1. The largest absolute Gasteiger partial charge is 0.326 e. The van der Waals surface area contributed by atoms with Gasteiger partial charge in [0.2, 0.25) is 5.91 Å². The minimum Gasteiger partial charge on any atom is -0.326 e. The molecule has 1 unspecified atom stereocenters. The molecule has 21 heavy (non-hydrogen) atoms. The van der Waals surface area contributed by atoms with E-state index in [4.69, 9.17) is 23.2 Å². The van der Waals surface area contributed by atoms with Crippen molar-refractivity contribution in [2.45, 2.75) is 26.2 Å². The van der Waals surface area contributed by atoms with Crippen LogP contribution in [-0.2, 0) is 17.6 Å². The zero-order chi connectivity index (χ0) is 15.0. The number of nitrogens with one attached hydrogen (secondary N) is 1. The molecule has 110 valence electrons. The normalized spacial score (nSPS) is 17.4. The number of benzene rings is 1. The number of halogens is 2. The van der Waals surface area contributed by atoms with Crippen molar-refractivity contribution in [1.29, 1.82) is 0 Å². The molecule has 0 spiro atoms. The zero-order valence-corrected chi connectivity index (χ0v) is 13.8. The summed E-state index contributed by atoms with van der Waals surface area (Å²) in [5, 5.41) is 5.01. The van der Waals surface area contributed by atoms with Gasteiger partial charge in [-0.2, -0.15) is 0 Å². The number of nitrogens with zero attached hydrogens (tertiary/aromatic N) is 1. The van der Waals surface area contributed by atoms with Gasteiger partial charge in [-0.1, -0.05) is 23.2 Å². The first-order valence-corrected chi connectivity index (χ1v) is 8.30. The standard InChI is InChI=1S/C15H14Cl2N2OS/c1-8-18-13-3-2-9(4-14(13)21-8)15(20)19-12-6-10(16)5-11(17)7-12/h5-7,9H,2-4H2,1H3,(H,19,20). The molecule has 1 atom stereocenters. The molecule has 6 heteroatoms. The van der Waals surface area contributed by atoms with Crippen molar-refractivity contribution in [3.63, 3.8) is 0 Å². The summed E-state index contributed by atoms with van der Waals surface area (Å²) in [4.78, 5) is 18.1. The Morgan fingerprint density at radius 3 is 2.76 bits per heavy atom. The maximum absolute atomic E-state index is 12.4. The molecule has 0 radical (unpaired) electrons. The fourth-order valence-electron chi connectivity index (χ4n) is 2.60. The number of hydrogen-bond acceptors (Lipinski definition) is 3. The van der Waals surface area contributed by atoms with Crippen LogP contribution in [0.2, 0.25) is 10.0 Å². The Balaban J connectivity index is 1.72. The number of rotatable bonds is 2. The van der Waals surface area contributed by atoms with Crippen LogP contribution < -0.4 is 5.32 Å². The van der Waals surface area contributed by atoms with Crippen molar-refractivity contribution in [3.8, 4) is 0 Å². The summed E-state index contributed by atoms with van der Waals surface area (Å²) in [7, 11) is 0. The number of fused-ring (bicyclic) bond motifs is 1. The summed E-state index contributed by atoms with van der Waals surface area (Å²) in [6.45, 7) is 2.01. The topological polar surface area (TPSA) is 42.0 Å². The Labute approximate surface area is 137 Å². The third-order valence-electron chi connectivity index (χ3n) is 3.55. The Hall–Kier alpha value is -1.10. The lowest BCUT2D eigenvalue weighted by atomic mass is 9.90. The highest BCUT2D eigenvalue weighted by Crippen LogP contribution is 2.31. The highest BCUT2D eigenvalue weighted by Gasteiger charge is 2.27. The Morgan fingerprint density at radius 1 is 1.33 bits per heavy atom. The van der Waals surface area contributed by atoms with Gasteiger partial charge in [0.15, 0.2) is 0 Å². The third-order valence-corrected chi connectivity index (χ3v) is 5.02. The zero-order valence-electron chi connectivity index (χ0n) is 11.5. The predicted octanol–water partition coefficient (Wildman–Crippen LogP) is 4.50. The molecule has 3 nitrogen and oxygen atoms in total. The molecule has 3 rings (SSSR count). The second kappa shape index (κ2) is 5.95. The van der Waals surface area contributed by atoms with Gasteiger partial charge in [0, 0.05) is 26.5 Å². The molecule has 0 saturated carbocycles. The molecular formula is C15H14Cl2N2OS. The van der Waals surface area contributed by atoms with Crippen molar-refractivity contribution in [2.24, 2.45) is 5.92 Å². The molecule has 0 fully saturated rings. The Bertz CT molecular complexity index is 679. The van der Waals surface area contributed by atoms with Crippen molar-refractivity contribution < 1.29 is 4.79 Å². The second-order valence-electron chi connectivity index (χ2n) is 5.19. The molecule has 1 aliphatic carbocycles. The molecule has 0 saturated heterocycles. The van der Waals surface area contributed by atoms with Gasteiger partial charge < -0.3 is 5.32 Å². The maximum Gasteiger partial charge on any atom is 0.227 e. The van der Waals surface area contributed by atoms with Gasteiger partial charge in [-0.3, -0.25) is 4.79 Å². The first-order valence-electron chi connectivity index (χ1n) is 6.73. The predicted molar refractivity (Wildman–Crippen MR) is 87.5 cm³/mol. The van der Waals surface area contributed by atoms with Crippen LogP contribution in [-0.4, -0.2) is 10.9 Å². The quantitative estimate of drug-likeness (QED) is 0.874. The molecule has 1 aromatic carbocycles. The second-order valence-corrected chi connectivity index (χ2v) is 7.35. The van der Waals surface area contributed by atoms with Crippen molar-refractivity contribution in [2.75, 3.05) is 5.32 Å². The first kappa shape index (κ1) is 14.8. The summed E-state index contributed by atoms with van der Waals surface area (Å²) in [6, 6.07) is 5.05. The van der Waals surface area contributed by atoms with E-state index in [1.807, 2.05) is 6.92 Å². The lowest BCUT2D eigenvalue weighted by molar-refractivity contribution is -0.120. The van der Waals surface area contributed by atoms with Crippen LogP contribution in [0.5, 0.6) is 0 Å². The van der Waals surface area contributed by atoms with Crippen LogP contribution in [0.25, 0.3) is 0 Å². The van der Waals surface area contributed by atoms with Crippen LogP contribution in [0.15, 0.2) is 18.2 Å². The number of anilines is 1. The lowest BCUT2D eigenvalue weighted by Gasteiger charge is -2.20. The molecular weight excluding hydrogens is 327 g/mol. The Kier molecular flexibility index (Phi) is 4.20. The average molecular weight is 341 g/mol. The van der Waals surface area contributed by atoms with Gasteiger partial charge in [-0.25, -0.2) is 4.98 Å².